The van der Waals surface area contributed by atoms with Gasteiger partial charge in [0, 0.05) is 18.7 Å². The molecular weight excluding hydrogens is 324 g/mol. The summed E-state index contributed by atoms with van der Waals surface area (Å²) < 4.78 is 1.13. The first kappa shape index (κ1) is 16.3. The van der Waals surface area contributed by atoms with E-state index in [-0.39, 0.29) is 5.75 Å². The highest BCUT2D eigenvalue weighted by atomic mass is 35.5. The Bertz CT molecular complexity index is 922. The van der Waals surface area contributed by atoms with Crippen LogP contribution in [0.2, 0.25) is 0 Å². The van der Waals surface area contributed by atoms with Crippen molar-refractivity contribution >= 4 is 28.3 Å². The number of aryl methyl sites for hydroxylation is 1. The van der Waals surface area contributed by atoms with Gasteiger partial charge in [-0.25, -0.2) is 4.98 Å². The number of halogens is 1. The molecule has 0 bridgehead atoms. The Labute approximate surface area is 145 Å². The van der Waals surface area contributed by atoms with Gasteiger partial charge in [-0.05, 0) is 35.4 Å². The van der Waals surface area contributed by atoms with Gasteiger partial charge in [0.05, 0.1) is 4.26 Å². The molecule has 0 unspecified atom stereocenters. The van der Waals surface area contributed by atoms with E-state index in [1.54, 1.807) is 25.3 Å². The molecule has 0 aliphatic rings. The average Bonchev–Trinajstić information content (AvgIpc) is 2.60. The maximum absolute atomic E-state index is 9.88. The van der Waals surface area contributed by atoms with Gasteiger partial charge in [0.25, 0.3) is 5.71 Å². The number of rotatable bonds is 4. The van der Waals surface area contributed by atoms with Gasteiger partial charge in [-0.2, -0.15) is 0 Å². The highest BCUT2D eigenvalue weighted by Crippen LogP contribution is 2.23. The molecule has 2 aromatic carbocycles. The molecular formula is C19H18ClN2O2+. The maximum atomic E-state index is 9.88. The summed E-state index contributed by atoms with van der Waals surface area (Å²) in [5.41, 5.74) is 3.13. The van der Waals surface area contributed by atoms with Crippen LogP contribution in [-0.2, 0) is 11.4 Å². The normalized spacial score (nSPS) is 12.1. The third-order valence-electron chi connectivity index (χ3n) is 3.99. The van der Waals surface area contributed by atoms with Crippen molar-refractivity contribution in [1.82, 2.24) is 4.98 Å². The van der Waals surface area contributed by atoms with Crippen LogP contribution in [-0.4, -0.2) is 20.1 Å². The zero-order valence-electron chi connectivity index (χ0n) is 13.5. The standard InChI is InChI=1S/C19H17ClN2O2/c1-13-9-10-15-6-3-4-7-16(15)17(13)12-24-22(20)14(2)19-18(23)8-5-11-21-19/h3-11H,12H2,1-2H3/p+1. The molecule has 1 N–H and O–H groups in total. The van der Waals surface area contributed by atoms with Gasteiger partial charge < -0.3 is 5.11 Å². The Morgan fingerprint density at radius 1 is 1.17 bits per heavy atom. The number of nitrogens with zero attached hydrogens (tertiary/aromatic N) is 2. The van der Waals surface area contributed by atoms with Crippen molar-refractivity contribution in [2.24, 2.45) is 0 Å². The number of benzene rings is 2. The van der Waals surface area contributed by atoms with E-state index >= 15 is 0 Å². The predicted octanol–water partition coefficient (Wildman–Crippen LogP) is 4.36. The minimum absolute atomic E-state index is 0.0607. The summed E-state index contributed by atoms with van der Waals surface area (Å²) in [4.78, 5) is 9.83. The Morgan fingerprint density at radius 3 is 2.75 bits per heavy atom. The Balaban J connectivity index is 1.90. The summed E-state index contributed by atoms with van der Waals surface area (Å²) in [5, 5.41) is 12.2. The molecule has 0 aliphatic carbocycles. The van der Waals surface area contributed by atoms with Crippen LogP contribution in [0.3, 0.4) is 0 Å². The van der Waals surface area contributed by atoms with E-state index in [4.69, 9.17) is 16.6 Å². The molecule has 5 heteroatoms. The molecule has 0 fully saturated rings. The molecule has 1 aromatic heterocycles. The van der Waals surface area contributed by atoms with Gasteiger partial charge in [0.1, 0.15) is 5.75 Å². The first-order valence-electron chi connectivity index (χ1n) is 7.62. The zero-order chi connectivity index (χ0) is 17.1. The average molecular weight is 342 g/mol. The van der Waals surface area contributed by atoms with Crippen LogP contribution in [0.4, 0.5) is 0 Å². The van der Waals surface area contributed by atoms with Gasteiger partial charge in [-0.15, -0.1) is 0 Å². The number of aromatic nitrogens is 1. The molecule has 0 amide bonds. The SMILES string of the molecule is CC(c1ncccc1O)=[N+](Cl)OCc1c(C)ccc2ccccc12. The molecule has 0 radical (unpaired) electrons. The summed E-state index contributed by atoms with van der Waals surface area (Å²) in [7, 11) is 0. The van der Waals surface area contributed by atoms with Gasteiger partial charge in [-0.1, -0.05) is 36.4 Å². The Hall–Kier alpha value is -2.59. The highest BCUT2D eigenvalue weighted by Gasteiger charge is 2.19. The summed E-state index contributed by atoms with van der Waals surface area (Å²) in [6.45, 7) is 4.11. The van der Waals surface area contributed by atoms with Gasteiger partial charge in [0.2, 0.25) is 0 Å². The van der Waals surface area contributed by atoms with E-state index in [2.05, 4.69) is 29.2 Å². The fraction of sp³-hybridized carbons (Fsp3) is 0.158. The first-order valence-corrected chi connectivity index (χ1v) is 7.95. The largest absolute Gasteiger partial charge is 0.505 e. The van der Waals surface area contributed by atoms with Crippen molar-refractivity contribution < 1.29 is 14.2 Å². The molecule has 0 saturated heterocycles. The smallest absolute Gasteiger partial charge is 0.319 e. The molecule has 24 heavy (non-hydrogen) atoms. The summed E-state index contributed by atoms with van der Waals surface area (Å²) >= 11 is 6.21. The fourth-order valence-electron chi connectivity index (χ4n) is 2.61. The lowest BCUT2D eigenvalue weighted by atomic mass is 10.0. The van der Waals surface area contributed by atoms with Crippen LogP contribution in [0.5, 0.6) is 5.75 Å². The molecule has 0 spiro atoms. The number of pyridine rings is 1. The van der Waals surface area contributed by atoms with Crippen molar-refractivity contribution in [2.75, 3.05) is 0 Å². The minimum Gasteiger partial charge on any atom is -0.505 e. The molecule has 1 heterocycles. The van der Waals surface area contributed by atoms with Gasteiger partial charge >= 0.3 is 11.8 Å². The van der Waals surface area contributed by atoms with E-state index in [1.807, 2.05) is 19.1 Å². The quantitative estimate of drug-likeness (QED) is 0.436. The van der Waals surface area contributed by atoms with Crippen LogP contribution in [0.15, 0.2) is 54.7 Å². The summed E-state index contributed by atoms with van der Waals surface area (Å²) in [5.74, 6) is 0.0607. The topological polar surface area (TPSA) is 45.4 Å². The van der Waals surface area contributed by atoms with E-state index in [0.717, 1.165) is 26.2 Å². The third-order valence-corrected chi connectivity index (χ3v) is 4.34. The second-order valence-corrected chi connectivity index (χ2v) is 5.86. The van der Waals surface area contributed by atoms with Gasteiger partial charge in [0.15, 0.2) is 12.3 Å². The second kappa shape index (κ2) is 6.89. The van der Waals surface area contributed by atoms with Crippen molar-refractivity contribution in [1.29, 1.82) is 0 Å². The lowest BCUT2D eigenvalue weighted by Crippen LogP contribution is -2.14. The van der Waals surface area contributed by atoms with Crippen LogP contribution in [0.25, 0.3) is 10.8 Å². The van der Waals surface area contributed by atoms with E-state index in [0.29, 0.717) is 18.0 Å². The molecule has 3 rings (SSSR count). The summed E-state index contributed by atoms with van der Waals surface area (Å²) in [6, 6.07) is 15.5. The molecule has 122 valence electrons. The number of hydrogen-bond donors (Lipinski definition) is 1. The van der Waals surface area contributed by atoms with Crippen LogP contribution in [0.1, 0.15) is 23.7 Å². The van der Waals surface area contributed by atoms with E-state index in [9.17, 15) is 5.11 Å². The van der Waals surface area contributed by atoms with Crippen molar-refractivity contribution in [3.05, 3.63) is 71.5 Å². The maximum Gasteiger partial charge on any atom is 0.319 e. The fourth-order valence-corrected chi connectivity index (χ4v) is 2.74. The predicted molar refractivity (Wildman–Crippen MR) is 95.3 cm³/mol. The monoisotopic (exact) mass is 341 g/mol. The van der Waals surface area contributed by atoms with Crippen LogP contribution >= 0.6 is 11.8 Å². The zero-order valence-corrected chi connectivity index (χ0v) is 14.3. The first-order chi connectivity index (χ1) is 11.6. The number of hydrogen-bond acceptors (Lipinski definition) is 3. The van der Waals surface area contributed by atoms with Crippen molar-refractivity contribution in [2.45, 2.75) is 20.5 Å². The second-order valence-electron chi connectivity index (χ2n) is 5.56. The molecule has 4 nitrogen and oxygen atoms in total. The van der Waals surface area contributed by atoms with Gasteiger partial charge in [-0.3, -0.25) is 4.84 Å². The van der Waals surface area contributed by atoms with Crippen molar-refractivity contribution in [3.8, 4) is 5.75 Å². The van der Waals surface area contributed by atoms with Crippen LogP contribution < -0.4 is 0 Å². The number of aromatic hydroxyl groups is 1. The molecule has 0 saturated carbocycles. The molecule has 0 atom stereocenters. The Kier molecular flexibility index (Phi) is 4.67. The summed E-state index contributed by atoms with van der Waals surface area (Å²) in [6.07, 6.45) is 1.60. The molecule has 3 aromatic rings. The van der Waals surface area contributed by atoms with E-state index in [1.165, 1.54) is 0 Å². The van der Waals surface area contributed by atoms with E-state index < -0.39 is 0 Å². The lowest BCUT2D eigenvalue weighted by molar-refractivity contribution is -0.688. The van der Waals surface area contributed by atoms with Crippen molar-refractivity contribution in [3.63, 3.8) is 0 Å². The minimum atomic E-state index is 0.0607. The Morgan fingerprint density at radius 2 is 1.96 bits per heavy atom. The third kappa shape index (κ3) is 3.19. The highest BCUT2D eigenvalue weighted by molar-refractivity contribution is 6.10. The number of fused-ring (bicyclic) bond motifs is 1. The lowest BCUT2D eigenvalue weighted by Gasteiger charge is -2.08. The molecule has 0 aliphatic heterocycles. The van der Waals surface area contributed by atoms with Crippen LogP contribution in [0, 0.1) is 6.92 Å².